The van der Waals surface area contributed by atoms with E-state index in [1.807, 2.05) is 0 Å². The van der Waals surface area contributed by atoms with E-state index in [1.54, 1.807) is 0 Å². The third kappa shape index (κ3) is 4.96. The van der Waals surface area contributed by atoms with Crippen LogP contribution in [0.3, 0.4) is 0 Å². The quantitative estimate of drug-likeness (QED) is 0.711. The number of hydrogen-bond acceptors (Lipinski definition) is 3. The van der Waals surface area contributed by atoms with Gasteiger partial charge in [0.15, 0.2) is 0 Å². The highest BCUT2D eigenvalue weighted by atomic mass is 15.2. The van der Waals surface area contributed by atoms with Crippen molar-refractivity contribution < 1.29 is 0 Å². The number of rotatable bonds is 5. The molecule has 1 aliphatic rings. The van der Waals surface area contributed by atoms with Gasteiger partial charge in [0, 0.05) is 38.8 Å². The molecule has 0 bridgehead atoms. The van der Waals surface area contributed by atoms with E-state index in [1.165, 1.54) is 19.5 Å². The molecule has 0 spiro atoms. The first kappa shape index (κ1) is 12.9. The van der Waals surface area contributed by atoms with Gasteiger partial charge in [0.1, 0.15) is 0 Å². The van der Waals surface area contributed by atoms with Gasteiger partial charge < -0.3 is 15.5 Å². The van der Waals surface area contributed by atoms with Crippen LogP contribution in [0.25, 0.3) is 0 Å². The van der Waals surface area contributed by atoms with Crippen molar-refractivity contribution in [3.63, 3.8) is 0 Å². The van der Waals surface area contributed by atoms with Gasteiger partial charge in [-0.3, -0.25) is 0 Å². The van der Waals surface area contributed by atoms with Gasteiger partial charge in [-0.05, 0) is 18.9 Å². The highest BCUT2D eigenvalue weighted by molar-refractivity contribution is 4.80. The molecule has 3 nitrogen and oxygen atoms in total. The summed E-state index contributed by atoms with van der Waals surface area (Å²) in [4.78, 5) is 2.40. The van der Waals surface area contributed by atoms with E-state index in [0.29, 0.717) is 11.5 Å². The Morgan fingerprint density at radius 2 is 2.20 bits per heavy atom. The number of hydrogen-bond donors (Lipinski definition) is 2. The zero-order valence-corrected chi connectivity index (χ0v) is 10.8. The fraction of sp³-hybridized carbons (Fsp3) is 1.00. The summed E-state index contributed by atoms with van der Waals surface area (Å²) in [6, 6.07) is 0.622. The molecule has 90 valence electrons. The lowest BCUT2D eigenvalue weighted by atomic mass is 9.90. The molecule has 1 atom stereocenters. The van der Waals surface area contributed by atoms with E-state index in [9.17, 15) is 0 Å². The summed E-state index contributed by atoms with van der Waals surface area (Å²) in [5.41, 5.74) is 0.431. The van der Waals surface area contributed by atoms with Crippen molar-refractivity contribution in [3.8, 4) is 0 Å². The molecule has 0 aromatic rings. The van der Waals surface area contributed by atoms with E-state index >= 15 is 0 Å². The lowest BCUT2D eigenvalue weighted by molar-refractivity contribution is 0.228. The predicted molar refractivity (Wildman–Crippen MR) is 66.2 cm³/mol. The van der Waals surface area contributed by atoms with E-state index in [0.717, 1.165) is 19.6 Å². The first-order valence-electron chi connectivity index (χ1n) is 6.16. The lowest BCUT2D eigenvalue weighted by Crippen LogP contribution is -2.53. The summed E-state index contributed by atoms with van der Waals surface area (Å²) in [6.07, 6.45) is 1.23. The summed E-state index contributed by atoms with van der Waals surface area (Å²) in [7, 11) is 2.20. The summed E-state index contributed by atoms with van der Waals surface area (Å²) in [6.45, 7) is 12.6. The minimum Gasteiger partial charge on any atom is -0.315 e. The molecule has 0 radical (unpaired) electrons. The minimum atomic E-state index is 0.431. The van der Waals surface area contributed by atoms with Crippen molar-refractivity contribution >= 4 is 0 Å². The molecule has 0 amide bonds. The van der Waals surface area contributed by atoms with Crippen LogP contribution in [0.4, 0.5) is 0 Å². The van der Waals surface area contributed by atoms with Crippen molar-refractivity contribution in [2.24, 2.45) is 5.41 Å². The average Bonchev–Trinajstić information content (AvgIpc) is 2.18. The molecule has 0 aromatic carbocycles. The molecule has 0 saturated carbocycles. The minimum absolute atomic E-state index is 0.431. The van der Waals surface area contributed by atoms with Crippen molar-refractivity contribution in [2.45, 2.75) is 33.2 Å². The highest BCUT2D eigenvalue weighted by Gasteiger charge is 2.18. The van der Waals surface area contributed by atoms with Crippen LogP contribution in [0, 0.1) is 5.41 Å². The lowest BCUT2D eigenvalue weighted by Gasteiger charge is -2.32. The monoisotopic (exact) mass is 213 g/mol. The Hall–Kier alpha value is -0.120. The van der Waals surface area contributed by atoms with E-state index in [2.05, 4.69) is 43.4 Å². The van der Waals surface area contributed by atoms with Gasteiger partial charge in [0.25, 0.3) is 0 Å². The Balaban J connectivity index is 2.14. The van der Waals surface area contributed by atoms with Crippen LogP contribution in [0.2, 0.25) is 0 Å². The Bertz CT molecular complexity index is 180. The molecule has 1 rings (SSSR count). The third-order valence-electron chi connectivity index (χ3n) is 3.41. The number of piperazine rings is 1. The molecule has 15 heavy (non-hydrogen) atoms. The Kier molecular flexibility index (Phi) is 5.03. The van der Waals surface area contributed by atoms with E-state index in [-0.39, 0.29) is 0 Å². The summed E-state index contributed by atoms with van der Waals surface area (Å²) in [5.74, 6) is 0. The molecule has 1 aliphatic heterocycles. The van der Waals surface area contributed by atoms with Crippen LogP contribution in [0.15, 0.2) is 0 Å². The van der Waals surface area contributed by atoms with Crippen molar-refractivity contribution in [1.82, 2.24) is 15.5 Å². The summed E-state index contributed by atoms with van der Waals surface area (Å²) >= 11 is 0. The SMILES string of the molecule is CCC(C)(C)CNCC1CN(C)CCN1. The zero-order chi connectivity index (χ0) is 11.3. The van der Waals surface area contributed by atoms with Crippen molar-refractivity contribution in [1.29, 1.82) is 0 Å². The van der Waals surface area contributed by atoms with Gasteiger partial charge in [-0.2, -0.15) is 0 Å². The molecule has 0 aromatic heterocycles. The Morgan fingerprint density at radius 1 is 1.47 bits per heavy atom. The smallest absolute Gasteiger partial charge is 0.0320 e. The second-order valence-electron chi connectivity index (χ2n) is 5.56. The van der Waals surface area contributed by atoms with E-state index in [4.69, 9.17) is 0 Å². The fourth-order valence-corrected chi connectivity index (χ4v) is 1.84. The maximum Gasteiger partial charge on any atom is 0.0320 e. The van der Waals surface area contributed by atoms with E-state index < -0.39 is 0 Å². The Morgan fingerprint density at radius 3 is 2.80 bits per heavy atom. The molecule has 1 fully saturated rings. The molecular weight excluding hydrogens is 186 g/mol. The van der Waals surface area contributed by atoms with Gasteiger partial charge >= 0.3 is 0 Å². The van der Waals surface area contributed by atoms with Crippen LogP contribution in [-0.4, -0.2) is 50.7 Å². The van der Waals surface area contributed by atoms with Crippen LogP contribution in [-0.2, 0) is 0 Å². The first-order chi connectivity index (χ1) is 7.03. The normalized spacial score (nSPS) is 24.4. The Labute approximate surface area is 94.6 Å². The van der Waals surface area contributed by atoms with Crippen LogP contribution < -0.4 is 10.6 Å². The van der Waals surface area contributed by atoms with Gasteiger partial charge in [-0.15, -0.1) is 0 Å². The van der Waals surface area contributed by atoms with Crippen LogP contribution in [0.5, 0.6) is 0 Å². The van der Waals surface area contributed by atoms with Crippen molar-refractivity contribution in [2.75, 3.05) is 39.8 Å². The highest BCUT2D eigenvalue weighted by Crippen LogP contribution is 2.17. The average molecular weight is 213 g/mol. The van der Waals surface area contributed by atoms with Crippen LogP contribution >= 0.6 is 0 Å². The molecular formula is C12H27N3. The molecule has 0 aliphatic carbocycles. The van der Waals surface area contributed by atoms with Gasteiger partial charge in [0.05, 0.1) is 0 Å². The molecule has 1 unspecified atom stereocenters. The standard InChI is InChI=1S/C12H27N3/c1-5-12(2,3)10-13-8-11-9-15(4)7-6-14-11/h11,13-14H,5-10H2,1-4H3. The predicted octanol–water partition coefficient (Wildman–Crippen LogP) is 0.916. The topological polar surface area (TPSA) is 27.3 Å². The second kappa shape index (κ2) is 5.83. The third-order valence-corrected chi connectivity index (χ3v) is 3.41. The van der Waals surface area contributed by atoms with Gasteiger partial charge in [0.2, 0.25) is 0 Å². The van der Waals surface area contributed by atoms with Crippen LogP contribution in [0.1, 0.15) is 27.2 Å². The molecule has 1 saturated heterocycles. The van der Waals surface area contributed by atoms with Crippen molar-refractivity contribution in [3.05, 3.63) is 0 Å². The molecule has 2 N–H and O–H groups in total. The molecule has 3 heteroatoms. The number of likely N-dealkylation sites (N-methyl/N-ethyl adjacent to an activating group) is 1. The summed E-state index contributed by atoms with van der Waals surface area (Å²) < 4.78 is 0. The number of nitrogens with one attached hydrogen (secondary N) is 2. The van der Waals surface area contributed by atoms with Gasteiger partial charge in [-0.25, -0.2) is 0 Å². The maximum absolute atomic E-state index is 3.58. The fourth-order valence-electron chi connectivity index (χ4n) is 1.84. The summed E-state index contributed by atoms with van der Waals surface area (Å²) in [5, 5.41) is 7.13. The maximum atomic E-state index is 3.58. The first-order valence-corrected chi connectivity index (χ1v) is 6.16. The second-order valence-corrected chi connectivity index (χ2v) is 5.56. The zero-order valence-electron chi connectivity index (χ0n) is 10.8. The van der Waals surface area contributed by atoms with Gasteiger partial charge in [-0.1, -0.05) is 20.8 Å². The molecule has 1 heterocycles. The largest absolute Gasteiger partial charge is 0.315 e. The number of nitrogens with zero attached hydrogens (tertiary/aromatic N) is 1.